The van der Waals surface area contributed by atoms with Crippen LogP contribution in [0.3, 0.4) is 0 Å². The van der Waals surface area contributed by atoms with Crippen molar-refractivity contribution in [2.75, 3.05) is 59.5 Å². The third-order valence-electron chi connectivity index (χ3n) is 6.52. The number of Topliss-reactive ketones (excluding diaryl/α,β-unsaturated/α-hetero) is 2. The van der Waals surface area contributed by atoms with Crippen molar-refractivity contribution < 1.29 is 53.0 Å². The van der Waals surface area contributed by atoms with E-state index in [0.717, 1.165) is 6.42 Å². The van der Waals surface area contributed by atoms with Gasteiger partial charge in [-0.05, 0) is 50.6 Å². The van der Waals surface area contributed by atoms with E-state index >= 15 is 0 Å². The van der Waals surface area contributed by atoms with Crippen molar-refractivity contribution in [2.45, 2.75) is 33.6 Å². The van der Waals surface area contributed by atoms with E-state index in [2.05, 4.69) is 0 Å². The van der Waals surface area contributed by atoms with Crippen molar-refractivity contribution in [2.24, 2.45) is 0 Å². The molecule has 44 heavy (non-hydrogen) atoms. The molecule has 0 saturated carbocycles. The maximum atomic E-state index is 12.2. The Morgan fingerprint density at radius 3 is 1.84 bits per heavy atom. The zero-order chi connectivity index (χ0) is 31.9. The summed E-state index contributed by atoms with van der Waals surface area (Å²) in [5, 5.41) is 20.6. The first kappa shape index (κ1) is 34.3. The Labute approximate surface area is 256 Å². The number of phenols is 1. The van der Waals surface area contributed by atoms with Crippen LogP contribution < -0.4 is 14.2 Å². The first-order chi connectivity index (χ1) is 21.2. The zero-order valence-electron chi connectivity index (χ0n) is 25.4. The fraction of sp³-hybridized carbons (Fsp3) is 0.424. The van der Waals surface area contributed by atoms with E-state index in [-0.39, 0.29) is 42.7 Å². The quantitative estimate of drug-likeness (QED) is 0.125. The summed E-state index contributed by atoms with van der Waals surface area (Å²) in [5.41, 5.74) is 1.33. The molecular weight excluding hydrogens is 572 g/mol. The molecule has 11 heteroatoms. The largest absolute Gasteiger partial charge is 0.507 e. The summed E-state index contributed by atoms with van der Waals surface area (Å²) in [5.74, 6) is -0.142. The molecule has 2 N–H and O–H groups in total. The van der Waals surface area contributed by atoms with Crippen LogP contribution in [-0.4, -0.2) is 87.2 Å². The first-order valence-electron chi connectivity index (χ1n) is 14.5. The number of carbonyl (C=O) groups is 3. The molecule has 0 bridgehead atoms. The molecule has 0 spiro atoms. The molecule has 0 amide bonds. The maximum Gasteiger partial charge on any atom is 0.341 e. The summed E-state index contributed by atoms with van der Waals surface area (Å²) >= 11 is 0. The van der Waals surface area contributed by atoms with Crippen molar-refractivity contribution in [3.8, 4) is 23.0 Å². The number of ether oxygens (including phenoxy) is 6. The van der Waals surface area contributed by atoms with E-state index in [1.165, 1.54) is 13.8 Å². The molecule has 0 radical (unpaired) electrons. The standard InChI is InChI=1S/C33H40O11/c1-4-6-28-30(12-11-24(22(2)34)32(28)38)42-19-17-40-15-13-39-14-16-41-18-20-43-33-25(23(3)35)9-10-26-27(33)7-5-8-29(26)44-21-31(36)37/h5,7-12,38H,4,6,13-21H2,1-3H3,(H,36,37). The minimum Gasteiger partial charge on any atom is -0.507 e. The molecule has 0 aliphatic carbocycles. The van der Waals surface area contributed by atoms with Gasteiger partial charge in [-0.1, -0.05) is 25.5 Å². The van der Waals surface area contributed by atoms with E-state index in [1.807, 2.05) is 6.92 Å². The average Bonchev–Trinajstić information content (AvgIpc) is 2.99. The van der Waals surface area contributed by atoms with E-state index < -0.39 is 12.6 Å². The van der Waals surface area contributed by atoms with Crippen LogP contribution in [0.4, 0.5) is 0 Å². The molecule has 238 valence electrons. The van der Waals surface area contributed by atoms with Gasteiger partial charge in [0, 0.05) is 16.3 Å². The minimum absolute atomic E-state index is 0.0204. The monoisotopic (exact) mass is 612 g/mol. The van der Waals surface area contributed by atoms with Crippen LogP contribution in [0.5, 0.6) is 23.0 Å². The smallest absolute Gasteiger partial charge is 0.341 e. The number of aliphatic carboxylic acids is 1. The summed E-state index contributed by atoms with van der Waals surface area (Å²) in [4.78, 5) is 34.8. The molecule has 11 nitrogen and oxygen atoms in total. The van der Waals surface area contributed by atoms with Crippen LogP contribution in [0.1, 0.15) is 53.5 Å². The number of rotatable bonds is 21. The third kappa shape index (κ3) is 9.94. The van der Waals surface area contributed by atoms with Crippen molar-refractivity contribution in [3.05, 3.63) is 59.2 Å². The number of carbonyl (C=O) groups excluding carboxylic acids is 2. The van der Waals surface area contributed by atoms with Crippen LogP contribution >= 0.6 is 0 Å². The highest BCUT2D eigenvalue weighted by atomic mass is 16.6. The van der Waals surface area contributed by atoms with Gasteiger partial charge in [-0.25, -0.2) is 4.79 Å². The first-order valence-corrected chi connectivity index (χ1v) is 14.5. The fourth-order valence-corrected chi connectivity index (χ4v) is 4.48. The van der Waals surface area contributed by atoms with Gasteiger partial charge in [0.25, 0.3) is 0 Å². The zero-order valence-corrected chi connectivity index (χ0v) is 25.4. The summed E-state index contributed by atoms with van der Waals surface area (Å²) in [6, 6.07) is 11.8. The molecule has 3 aromatic rings. The second kappa shape index (κ2) is 17.8. The molecule has 0 heterocycles. The number of carboxylic acids is 1. The highest BCUT2D eigenvalue weighted by Crippen LogP contribution is 2.36. The van der Waals surface area contributed by atoms with Gasteiger partial charge in [-0.2, -0.15) is 0 Å². The molecule has 0 aliphatic rings. The van der Waals surface area contributed by atoms with Crippen LogP contribution in [-0.2, 0) is 25.4 Å². The Morgan fingerprint density at radius 2 is 1.25 bits per heavy atom. The SMILES string of the molecule is CCCc1c(OCCOCCOCCOCCOc2c(C(C)=O)ccc3c(OCC(=O)O)cccc23)ccc(C(C)=O)c1O. The lowest BCUT2D eigenvalue weighted by molar-refractivity contribution is -0.139. The molecule has 0 fully saturated rings. The van der Waals surface area contributed by atoms with Gasteiger partial charge < -0.3 is 38.6 Å². The van der Waals surface area contributed by atoms with Gasteiger partial charge in [0.2, 0.25) is 0 Å². The molecule has 0 saturated heterocycles. The van der Waals surface area contributed by atoms with E-state index in [9.17, 15) is 19.5 Å². The summed E-state index contributed by atoms with van der Waals surface area (Å²) in [7, 11) is 0. The molecule has 3 rings (SSSR count). The van der Waals surface area contributed by atoms with Gasteiger partial charge in [0.15, 0.2) is 18.2 Å². The number of fused-ring (bicyclic) bond motifs is 1. The van der Waals surface area contributed by atoms with Crippen LogP contribution in [0, 0.1) is 0 Å². The number of aromatic hydroxyl groups is 1. The second-order valence-electron chi connectivity index (χ2n) is 9.81. The predicted octanol–water partition coefficient (Wildman–Crippen LogP) is 4.87. The Bertz CT molecular complexity index is 1420. The van der Waals surface area contributed by atoms with Gasteiger partial charge >= 0.3 is 5.97 Å². The van der Waals surface area contributed by atoms with Gasteiger partial charge in [-0.15, -0.1) is 0 Å². The lowest BCUT2D eigenvalue weighted by Gasteiger charge is -2.15. The van der Waals surface area contributed by atoms with Crippen molar-refractivity contribution in [3.63, 3.8) is 0 Å². The molecular formula is C33H40O11. The van der Waals surface area contributed by atoms with Crippen molar-refractivity contribution >= 4 is 28.3 Å². The summed E-state index contributed by atoms with van der Waals surface area (Å²) in [6.07, 6.45) is 1.40. The lowest BCUT2D eigenvalue weighted by Crippen LogP contribution is -2.15. The number of ketones is 2. The average molecular weight is 613 g/mol. The number of carboxylic acid groups (broad SMARTS) is 1. The van der Waals surface area contributed by atoms with E-state index in [1.54, 1.807) is 42.5 Å². The maximum absolute atomic E-state index is 12.2. The highest BCUT2D eigenvalue weighted by Gasteiger charge is 2.17. The van der Waals surface area contributed by atoms with E-state index in [0.29, 0.717) is 78.6 Å². The lowest BCUT2D eigenvalue weighted by atomic mass is 10.0. The Morgan fingerprint density at radius 1 is 0.659 bits per heavy atom. The topological polar surface area (TPSA) is 147 Å². The van der Waals surface area contributed by atoms with Crippen LogP contribution in [0.2, 0.25) is 0 Å². The molecule has 0 unspecified atom stereocenters. The van der Waals surface area contributed by atoms with E-state index in [4.69, 9.17) is 33.5 Å². The van der Waals surface area contributed by atoms with Crippen molar-refractivity contribution in [1.82, 2.24) is 0 Å². The summed E-state index contributed by atoms with van der Waals surface area (Å²) < 4.78 is 33.8. The Balaban J connectivity index is 1.33. The van der Waals surface area contributed by atoms with Crippen molar-refractivity contribution in [1.29, 1.82) is 0 Å². The highest BCUT2D eigenvalue weighted by molar-refractivity contribution is 6.05. The molecule has 3 aromatic carbocycles. The van der Waals surface area contributed by atoms with Gasteiger partial charge in [-0.3, -0.25) is 9.59 Å². The fourth-order valence-electron chi connectivity index (χ4n) is 4.48. The van der Waals surface area contributed by atoms with Crippen LogP contribution in [0.25, 0.3) is 10.8 Å². The number of benzene rings is 3. The molecule has 0 aliphatic heterocycles. The third-order valence-corrected chi connectivity index (χ3v) is 6.52. The molecule has 0 atom stereocenters. The molecule has 0 aromatic heterocycles. The minimum atomic E-state index is -1.09. The Hall–Kier alpha value is -4.19. The summed E-state index contributed by atoms with van der Waals surface area (Å²) in [6.45, 7) is 6.91. The number of phenolic OH excluding ortho intramolecular Hbond substituents is 1. The number of hydrogen-bond donors (Lipinski definition) is 2. The second-order valence-corrected chi connectivity index (χ2v) is 9.81. The number of hydrogen-bond acceptors (Lipinski definition) is 10. The van der Waals surface area contributed by atoms with Crippen LogP contribution in [0.15, 0.2) is 42.5 Å². The normalized spacial score (nSPS) is 11.0. The van der Waals surface area contributed by atoms with Gasteiger partial charge in [0.1, 0.15) is 36.2 Å². The van der Waals surface area contributed by atoms with Gasteiger partial charge in [0.05, 0.1) is 50.8 Å². The predicted molar refractivity (Wildman–Crippen MR) is 163 cm³/mol. The Kier molecular flexibility index (Phi) is 13.9.